The minimum Gasteiger partial charge on any atom is -0.215 e. The standard InChI is InChI=1S/C9H18BrNO2S/c1-9(2,6-10)7-11-14(12,13)5-8-3-4-8/h8,11H,3-7H2,1-2H3. The van der Waals surface area contributed by atoms with Crippen molar-refractivity contribution in [3.8, 4) is 0 Å². The molecule has 0 bridgehead atoms. The van der Waals surface area contributed by atoms with Gasteiger partial charge in [0.1, 0.15) is 0 Å². The Morgan fingerprint density at radius 2 is 2.00 bits per heavy atom. The highest BCUT2D eigenvalue weighted by Gasteiger charge is 2.29. The van der Waals surface area contributed by atoms with Crippen LogP contribution in [-0.2, 0) is 10.0 Å². The molecule has 0 aliphatic heterocycles. The number of nitrogens with one attached hydrogen (secondary N) is 1. The van der Waals surface area contributed by atoms with Gasteiger partial charge >= 0.3 is 0 Å². The molecule has 1 N–H and O–H groups in total. The molecular formula is C9H18BrNO2S. The number of halogens is 1. The smallest absolute Gasteiger partial charge is 0.211 e. The maximum absolute atomic E-state index is 11.5. The molecule has 0 saturated heterocycles. The van der Waals surface area contributed by atoms with Crippen molar-refractivity contribution in [3.63, 3.8) is 0 Å². The third kappa shape index (κ3) is 4.75. The topological polar surface area (TPSA) is 46.2 Å². The molecule has 0 spiro atoms. The molecule has 0 heterocycles. The van der Waals surface area contributed by atoms with Crippen LogP contribution in [0.4, 0.5) is 0 Å². The van der Waals surface area contributed by atoms with Crippen LogP contribution in [0.5, 0.6) is 0 Å². The Morgan fingerprint density at radius 3 is 2.43 bits per heavy atom. The first-order valence-electron chi connectivity index (χ1n) is 4.88. The minimum atomic E-state index is -3.03. The maximum atomic E-state index is 11.5. The van der Waals surface area contributed by atoms with Gasteiger partial charge < -0.3 is 0 Å². The van der Waals surface area contributed by atoms with Gasteiger partial charge in [-0.1, -0.05) is 29.8 Å². The molecular weight excluding hydrogens is 266 g/mol. The Kier molecular flexibility index (Phi) is 4.00. The highest BCUT2D eigenvalue weighted by molar-refractivity contribution is 9.09. The fourth-order valence-corrected chi connectivity index (χ4v) is 2.89. The van der Waals surface area contributed by atoms with E-state index in [0.29, 0.717) is 18.2 Å². The molecule has 0 aromatic carbocycles. The number of alkyl halides is 1. The summed E-state index contributed by atoms with van der Waals surface area (Å²) >= 11 is 3.37. The van der Waals surface area contributed by atoms with Crippen molar-refractivity contribution >= 4 is 26.0 Å². The van der Waals surface area contributed by atoms with E-state index in [2.05, 4.69) is 20.7 Å². The van der Waals surface area contributed by atoms with E-state index in [1.165, 1.54) is 0 Å². The van der Waals surface area contributed by atoms with Gasteiger partial charge in [-0.3, -0.25) is 0 Å². The van der Waals surface area contributed by atoms with Crippen LogP contribution in [0.15, 0.2) is 0 Å². The van der Waals surface area contributed by atoms with Crippen molar-refractivity contribution < 1.29 is 8.42 Å². The second-order valence-corrected chi connectivity index (χ2v) is 7.26. The number of hydrogen-bond donors (Lipinski definition) is 1. The van der Waals surface area contributed by atoms with Gasteiger partial charge in [-0.15, -0.1) is 0 Å². The van der Waals surface area contributed by atoms with Crippen LogP contribution in [-0.4, -0.2) is 26.0 Å². The number of sulfonamides is 1. The van der Waals surface area contributed by atoms with E-state index >= 15 is 0 Å². The fourth-order valence-electron chi connectivity index (χ4n) is 1.01. The summed E-state index contributed by atoms with van der Waals surface area (Å²) < 4.78 is 25.7. The summed E-state index contributed by atoms with van der Waals surface area (Å²) in [5.74, 6) is 0.727. The number of hydrogen-bond acceptors (Lipinski definition) is 2. The van der Waals surface area contributed by atoms with Gasteiger partial charge in [0.15, 0.2) is 0 Å². The predicted molar refractivity (Wildman–Crippen MR) is 62.1 cm³/mol. The van der Waals surface area contributed by atoms with Crippen LogP contribution >= 0.6 is 15.9 Å². The molecule has 0 unspecified atom stereocenters. The van der Waals surface area contributed by atoms with Crippen molar-refractivity contribution in [1.82, 2.24) is 4.72 Å². The van der Waals surface area contributed by atoms with E-state index in [1.807, 2.05) is 13.8 Å². The lowest BCUT2D eigenvalue weighted by Crippen LogP contribution is -2.36. The average Bonchev–Trinajstić information content (AvgIpc) is 2.85. The van der Waals surface area contributed by atoms with Crippen molar-refractivity contribution in [1.29, 1.82) is 0 Å². The van der Waals surface area contributed by atoms with Crippen LogP contribution in [0.2, 0.25) is 0 Å². The van der Waals surface area contributed by atoms with Crippen LogP contribution in [0, 0.1) is 11.3 Å². The summed E-state index contributed by atoms with van der Waals surface area (Å²) in [4.78, 5) is 0. The quantitative estimate of drug-likeness (QED) is 0.755. The molecule has 14 heavy (non-hydrogen) atoms. The lowest BCUT2D eigenvalue weighted by Gasteiger charge is -2.21. The van der Waals surface area contributed by atoms with E-state index in [-0.39, 0.29) is 5.41 Å². The zero-order valence-corrected chi connectivity index (χ0v) is 11.1. The Morgan fingerprint density at radius 1 is 1.43 bits per heavy atom. The van der Waals surface area contributed by atoms with Crippen LogP contribution in [0.25, 0.3) is 0 Å². The first-order chi connectivity index (χ1) is 6.35. The minimum absolute atomic E-state index is 0.0172. The first-order valence-corrected chi connectivity index (χ1v) is 7.65. The summed E-state index contributed by atoms with van der Waals surface area (Å²) in [5.41, 5.74) is -0.0172. The van der Waals surface area contributed by atoms with Gasteiger partial charge in [-0.2, -0.15) is 0 Å². The molecule has 3 nitrogen and oxygen atoms in total. The van der Waals surface area contributed by atoms with Gasteiger partial charge in [-0.25, -0.2) is 13.1 Å². The molecule has 0 radical (unpaired) electrons. The Balaban J connectivity index is 2.35. The molecule has 5 heteroatoms. The molecule has 0 aromatic heterocycles. The van der Waals surface area contributed by atoms with Gasteiger partial charge in [0.05, 0.1) is 5.75 Å². The molecule has 1 saturated carbocycles. The Hall–Kier alpha value is 0.390. The van der Waals surface area contributed by atoms with E-state index in [4.69, 9.17) is 0 Å². The predicted octanol–water partition coefficient (Wildman–Crippen LogP) is 1.74. The van der Waals surface area contributed by atoms with Crippen molar-refractivity contribution in [2.75, 3.05) is 17.6 Å². The summed E-state index contributed by atoms with van der Waals surface area (Å²) in [6.07, 6.45) is 2.14. The Labute approximate surface area is 94.8 Å². The van der Waals surface area contributed by atoms with Crippen molar-refractivity contribution in [2.45, 2.75) is 26.7 Å². The normalized spacial score (nSPS) is 18.5. The molecule has 1 rings (SSSR count). The van der Waals surface area contributed by atoms with Crippen LogP contribution in [0.3, 0.4) is 0 Å². The zero-order chi connectivity index (χ0) is 10.8. The molecule has 1 aliphatic rings. The second kappa shape index (κ2) is 4.49. The highest BCUT2D eigenvalue weighted by atomic mass is 79.9. The largest absolute Gasteiger partial charge is 0.215 e. The molecule has 0 amide bonds. The zero-order valence-electron chi connectivity index (χ0n) is 8.72. The summed E-state index contributed by atoms with van der Waals surface area (Å²) in [6, 6.07) is 0. The Bertz CT molecular complexity index is 283. The van der Waals surface area contributed by atoms with Crippen molar-refractivity contribution in [3.05, 3.63) is 0 Å². The SMILES string of the molecule is CC(C)(CBr)CNS(=O)(=O)CC1CC1. The monoisotopic (exact) mass is 283 g/mol. The maximum Gasteiger partial charge on any atom is 0.211 e. The van der Waals surface area contributed by atoms with E-state index in [1.54, 1.807) is 0 Å². The molecule has 1 fully saturated rings. The van der Waals surface area contributed by atoms with Crippen LogP contribution in [0.1, 0.15) is 26.7 Å². The number of rotatable bonds is 6. The summed E-state index contributed by atoms with van der Waals surface area (Å²) in [5, 5.41) is 0.798. The van der Waals surface area contributed by atoms with Gasteiger partial charge in [-0.05, 0) is 24.2 Å². The van der Waals surface area contributed by atoms with Gasteiger partial charge in [0.25, 0.3) is 0 Å². The molecule has 84 valence electrons. The highest BCUT2D eigenvalue weighted by Crippen LogP contribution is 2.30. The van der Waals surface area contributed by atoms with E-state index in [0.717, 1.165) is 18.2 Å². The second-order valence-electron chi connectivity index (χ2n) is 4.84. The van der Waals surface area contributed by atoms with Crippen molar-refractivity contribution in [2.24, 2.45) is 11.3 Å². The summed E-state index contributed by atoms with van der Waals surface area (Å²) in [6.45, 7) is 4.57. The summed E-state index contributed by atoms with van der Waals surface area (Å²) in [7, 11) is -3.03. The molecule has 0 aromatic rings. The lowest BCUT2D eigenvalue weighted by molar-refractivity contribution is 0.419. The first kappa shape index (κ1) is 12.5. The van der Waals surface area contributed by atoms with Crippen LogP contribution < -0.4 is 4.72 Å². The third-order valence-electron chi connectivity index (χ3n) is 2.28. The molecule has 1 aliphatic carbocycles. The van der Waals surface area contributed by atoms with E-state index in [9.17, 15) is 8.42 Å². The average molecular weight is 284 g/mol. The fraction of sp³-hybridized carbons (Fsp3) is 1.00. The van der Waals surface area contributed by atoms with Gasteiger partial charge in [0.2, 0.25) is 10.0 Å². The molecule has 0 atom stereocenters. The third-order valence-corrected chi connectivity index (χ3v) is 5.30. The van der Waals surface area contributed by atoms with E-state index < -0.39 is 10.0 Å². The van der Waals surface area contributed by atoms with Gasteiger partial charge in [0, 0.05) is 11.9 Å². The lowest BCUT2D eigenvalue weighted by atomic mass is 9.98.